The summed E-state index contributed by atoms with van der Waals surface area (Å²) in [4.78, 5) is 13.4. The topological polar surface area (TPSA) is 228 Å². The molecule has 0 spiro atoms. The fourth-order valence-corrected chi connectivity index (χ4v) is 13.3. The molecule has 534 valence electrons. The summed E-state index contributed by atoms with van der Waals surface area (Å²) in [5.74, 6) is -0.197. The Kier molecular flexibility index (Phi) is 57.8. The number of amides is 1. The summed E-state index contributed by atoms with van der Waals surface area (Å²) in [6.07, 6.45) is 59.7. The van der Waals surface area contributed by atoms with Gasteiger partial charge in [-0.15, -0.1) is 0 Å². The number of aliphatic hydroxyl groups is 8. The Morgan fingerprint density at radius 2 is 0.700 bits per heavy atom. The van der Waals surface area contributed by atoms with Crippen molar-refractivity contribution in [1.29, 1.82) is 0 Å². The Morgan fingerprint density at radius 3 is 1.06 bits per heavy atom. The first kappa shape index (κ1) is 84.8. The van der Waals surface area contributed by atoms with Crippen molar-refractivity contribution in [3.63, 3.8) is 0 Å². The maximum atomic E-state index is 13.4. The molecule has 1 amide bonds. The van der Waals surface area contributed by atoms with Crippen molar-refractivity contribution in [1.82, 2.24) is 5.32 Å². The van der Waals surface area contributed by atoms with Gasteiger partial charge in [-0.25, -0.2) is 0 Å². The van der Waals surface area contributed by atoms with Gasteiger partial charge in [0, 0.05) is 6.42 Å². The van der Waals surface area contributed by atoms with E-state index < -0.39 is 86.8 Å². The van der Waals surface area contributed by atoms with Crippen LogP contribution in [0.3, 0.4) is 0 Å². The highest BCUT2D eigenvalue weighted by molar-refractivity contribution is 5.76. The molecule has 2 saturated heterocycles. The molecular formula is C76H147NO13. The van der Waals surface area contributed by atoms with Gasteiger partial charge in [0.25, 0.3) is 0 Å². The number of nitrogens with one attached hydrogen (secondary N) is 1. The van der Waals surface area contributed by atoms with Crippen LogP contribution < -0.4 is 5.32 Å². The predicted molar refractivity (Wildman–Crippen MR) is 369 cm³/mol. The van der Waals surface area contributed by atoms with E-state index in [0.29, 0.717) is 12.8 Å². The van der Waals surface area contributed by atoms with Gasteiger partial charge in [0.15, 0.2) is 12.6 Å². The summed E-state index contributed by atoms with van der Waals surface area (Å²) in [6.45, 7) is 2.93. The third kappa shape index (κ3) is 44.5. The van der Waals surface area contributed by atoms with Gasteiger partial charge < -0.3 is 65.1 Å². The number of unbranched alkanes of at least 4 members (excludes halogenated alkanes) is 51. The molecule has 14 nitrogen and oxygen atoms in total. The van der Waals surface area contributed by atoms with Crippen LogP contribution in [0.4, 0.5) is 0 Å². The minimum Gasteiger partial charge on any atom is -0.394 e. The number of ether oxygens (including phenoxy) is 4. The van der Waals surface area contributed by atoms with E-state index >= 15 is 0 Å². The Hall–Kier alpha value is -1.27. The number of hydrogen-bond donors (Lipinski definition) is 9. The summed E-state index contributed by atoms with van der Waals surface area (Å²) >= 11 is 0. The van der Waals surface area contributed by atoms with Gasteiger partial charge in [-0.1, -0.05) is 341 Å². The molecular weight excluding hydrogens is 1130 g/mol. The maximum absolute atomic E-state index is 13.4. The first-order valence-corrected chi connectivity index (χ1v) is 38.9. The zero-order valence-electron chi connectivity index (χ0n) is 58.4. The zero-order valence-corrected chi connectivity index (χ0v) is 58.4. The zero-order chi connectivity index (χ0) is 65.2. The molecule has 2 heterocycles. The lowest BCUT2D eigenvalue weighted by Gasteiger charge is -2.46. The van der Waals surface area contributed by atoms with Crippen molar-refractivity contribution < 1.29 is 64.6 Å². The lowest BCUT2D eigenvalue weighted by atomic mass is 9.97. The SMILES string of the molecule is CCCCCCCCCC/C=C\CCCCCCCCCCCCCCCCCCCCCCCCCC(=O)NC(COC1OC(CO)C(OC2OC(CO)C(O)C(O)C2O)C(O)C1O)C(O)CCCCCCCCCCCCCCCCCCCCCCC. The van der Waals surface area contributed by atoms with Gasteiger partial charge in [0.05, 0.1) is 32.0 Å². The van der Waals surface area contributed by atoms with E-state index in [-0.39, 0.29) is 12.5 Å². The largest absolute Gasteiger partial charge is 0.394 e. The minimum atomic E-state index is -1.78. The van der Waals surface area contributed by atoms with Gasteiger partial charge in [-0.2, -0.15) is 0 Å². The second kappa shape index (κ2) is 61.3. The Balaban J connectivity index is 1.59. The molecule has 0 aromatic heterocycles. The lowest BCUT2D eigenvalue weighted by Crippen LogP contribution is -2.65. The van der Waals surface area contributed by atoms with Gasteiger partial charge in [0.2, 0.25) is 5.91 Å². The van der Waals surface area contributed by atoms with E-state index in [1.54, 1.807) is 0 Å². The third-order valence-electron chi connectivity index (χ3n) is 19.5. The fraction of sp³-hybridized carbons (Fsp3) is 0.961. The molecule has 9 N–H and O–H groups in total. The lowest BCUT2D eigenvalue weighted by molar-refractivity contribution is -0.359. The molecule has 2 aliphatic rings. The third-order valence-corrected chi connectivity index (χ3v) is 19.5. The molecule has 2 fully saturated rings. The van der Waals surface area contributed by atoms with Crippen LogP contribution in [0.1, 0.15) is 373 Å². The van der Waals surface area contributed by atoms with E-state index in [1.165, 1.54) is 295 Å². The molecule has 12 unspecified atom stereocenters. The van der Waals surface area contributed by atoms with Gasteiger partial charge in [0.1, 0.15) is 48.8 Å². The summed E-state index contributed by atoms with van der Waals surface area (Å²) in [7, 11) is 0. The number of aliphatic hydroxyl groups excluding tert-OH is 8. The highest BCUT2D eigenvalue weighted by atomic mass is 16.7. The van der Waals surface area contributed by atoms with Crippen LogP contribution >= 0.6 is 0 Å². The Labute approximate surface area is 552 Å². The van der Waals surface area contributed by atoms with Crippen LogP contribution in [0.5, 0.6) is 0 Å². The Bertz CT molecular complexity index is 1560. The smallest absolute Gasteiger partial charge is 0.220 e. The van der Waals surface area contributed by atoms with Gasteiger partial charge in [-0.3, -0.25) is 4.79 Å². The normalized spacial score (nSPS) is 22.9. The van der Waals surface area contributed by atoms with Crippen LogP contribution in [-0.2, 0) is 23.7 Å². The van der Waals surface area contributed by atoms with Crippen LogP contribution in [0.25, 0.3) is 0 Å². The van der Waals surface area contributed by atoms with Gasteiger partial charge in [-0.05, 0) is 38.5 Å². The number of rotatable bonds is 66. The standard InChI is InChI=1S/C76H147NO13/c1-3-5-7-9-11-13-15-17-19-21-23-25-26-27-28-29-30-31-32-33-34-35-36-37-38-40-42-44-46-48-50-52-54-56-58-60-68(81)77-64(65(80)59-57-55-53-51-49-47-45-43-41-39-24-22-20-18-16-14-12-10-8-6-4-2)63-87-75-73(86)71(84)74(67(62-79)89-75)90-76-72(85)70(83)69(82)66(61-78)88-76/h21,23,64-67,69-76,78-80,82-86H,3-20,22,24-63H2,1-2H3,(H,77,81)/b23-21-. The van der Waals surface area contributed by atoms with E-state index in [0.717, 1.165) is 51.4 Å². The summed E-state index contributed by atoms with van der Waals surface area (Å²) < 4.78 is 23.0. The summed E-state index contributed by atoms with van der Waals surface area (Å²) in [5, 5.41) is 87.7. The number of allylic oxidation sites excluding steroid dienone is 2. The number of hydrogen-bond acceptors (Lipinski definition) is 13. The highest BCUT2D eigenvalue weighted by Gasteiger charge is 2.51. The second-order valence-electron chi connectivity index (χ2n) is 27.8. The summed E-state index contributed by atoms with van der Waals surface area (Å²) in [5.41, 5.74) is 0. The maximum Gasteiger partial charge on any atom is 0.220 e. The molecule has 0 saturated carbocycles. The predicted octanol–water partition coefficient (Wildman–Crippen LogP) is 16.9. The average molecular weight is 1280 g/mol. The van der Waals surface area contributed by atoms with Crippen molar-refractivity contribution in [2.45, 2.75) is 447 Å². The van der Waals surface area contributed by atoms with E-state index in [9.17, 15) is 45.6 Å². The molecule has 0 aromatic carbocycles. The number of carbonyl (C=O) groups excluding carboxylic acids is 1. The van der Waals surface area contributed by atoms with E-state index in [4.69, 9.17) is 18.9 Å². The monoisotopic (exact) mass is 1280 g/mol. The number of carbonyl (C=O) groups is 1. The van der Waals surface area contributed by atoms with Crippen molar-refractivity contribution in [2.75, 3.05) is 19.8 Å². The second-order valence-corrected chi connectivity index (χ2v) is 27.8. The first-order valence-electron chi connectivity index (χ1n) is 38.9. The molecule has 0 aromatic rings. The van der Waals surface area contributed by atoms with E-state index in [2.05, 4.69) is 31.3 Å². The van der Waals surface area contributed by atoms with Crippen LogP contribution in [-0.4, -0.2) is 140 Å². The van der Waals surface area contributed by atoms with Gasteiger partial charge >= 0.3 is 0 Å². The molecule has 12 atom stereocenters. The van der Waals surface area contributed by atoms with Crippen molar-refractivity contribution in [3.05, 3.63) is 12.2 Å². The summed E-state index contributed by atoms with van der Waals surface area (Å²) in [6, 6.07) is -0.826. The highest BCUT2D eigenvalue weighted by Crippen LogP contribution is 2.30. The van der Waals surface area contributed by atoms with Crippen LogP contribution in [0.2, 0.25) is 0 Å². The fourth-order valence-electron chi connectivity index (χ4n) is 13.3. The molecule has 0 aliphatic carbocycles. The van der Waals surface area contributed by atoms with E-state index in [1.807, 2.05) is 0 Å². The molecule has 90 heavy (non-hydrogen) atoms. The molecule has 0 bridgehead atoms. The van der Waals surface area contributed by atoms with Crippen molar-refractivity contribution in [2.24, 2.45) is 0 Å². The molecule has 2 aliphatic heterocycles. The average Bonchev–Trinajstić information content (AvgIpc) is 1.28. The van der Waals surface area contributed by atoms with Crippen LogP contribution in [0, 0.1) is 0 Å². The molecule has 2 rings (SSSR count). The van der Waals surface area contributed by atoms with Crippen molar-refractivity contribution >= 4 is 5.91 Å². The minimum absolute atomic E-state index is 0.197. The first-order chi connectivity index (χ1) is 44.1. The Morgan fingerprint density at radius 1 is 0.389 bits per heavy atom. The molecule has 14 heteroatoms. The molecule has 0 radical (unpaired) electrons. The quantitative estimate of drug-likeness (QED) is 0.0204. The van der Waals surface area contributed by atoms with Crippen LogP contribution in [0.15, 0.2) is 12.2 Å². The van der Waals surface area contributed by atoms with Crippen molar-refractivity contribution in [3.8, 4) is 0 Å².